The van der Waals surface area contributed by atoms with Crippen molar-refractivity contribution >= 4 is 5.69 Å². The molecule has 0 aliphatic rings. The van der Waals surface area contributed by atoms with Gasteiger partial charge in [0.05, 0.1) is 11.4 Å². The van der Waals surface area contributed by atoms with Gasteiger partial charge >= 0.3 is 0 Å². The molecule has 2 aromatic carbocycles. The molecule has 0 fully saturated rings. The van der Waals surface area contributed by atoms with E-state index in [1.807, 2.05) is 61.5 Å². The Morgan fingerprint density at radius 2 is 1.60 bits per heavy atom. The van der Waals surface area contributed by atoms with Gasteiger partial charge in [-0.1, -0.05) is 18.2 Å². The normalized spacial score (nSPS) is 10.4. The summed E-state index contributed by atoms with van der Waals surface area (Å²) in [6.45, 7) is 1.90. The summed E-state index contributed by atoms with van der Waals surface area (Å²) in [5, 5.41) is 7.09. The highest BCUT2D eigenvalue weighted by molar-refractivity contribution is 5.74. The molecule has 4 nitrogen and oxygen atoms in total. The average molecular weight is 265 g/mol. The molecule has 3 N–H and O–H groups in total. The van der Waals surface area contributed by atoms with Crippen molar-refractivity contribution in [3.8, 4) is 22.8 Å². The van der Waals surface area contributed by atoms with E-state index in [2.05, 4.69) is 10.2 Å². The van der Waals surface area contributed by atoms with Gasteiger partial charge in [-0.3, -0.25) is 5.10 Å². The first-order chi connectivity index (χ1) is 9.74. The van der Waals surface area contributed by atoms with Crippen LogP contribution in [0.15, 0.2) is 54.6 Å². The number of hydrogen-bond acceptors (Lipinski definition) is 3. The Kier molecular flexibility index (Phi) is 3.13. The van der Waals surface area contributed by atoms with Crippen molar-refractivity contribution in [3.63, 3.8) is 0 Å². The molecule has 3 aromatic rings. The molecule has 4 heteroatoms. The number of hydrogen-bond donors (Lipinski definition) is 2. The minimum Gasteiger partial charge on any atom is -0.457 e. The van der Waals surface area contributed by atoms with E-state index >= 15 is 0 Å². The van der Waals surface area contributed by atoms with Crippen LogP contribution in [-0.4, -0.2) is 10.2 Å². The predicted octanol–water partition coefficient (Wildman–Crippen LogP) is 3.76. The van der Waals surface area contributed by atoms with Crippen molar-refractivity contribution in [3.05, 3.63) is 60.3 Å². The molecular weight excluding hydrogens is 250 g/mol. The molecule has 1 heterocycles. The Morgan fingerprint density at radius 1 is 0.950 bits per heavy atom. The van der Waals surface area contributed by atoms with Crippen LogP contribution < -0.4 is 10.5 Å². The van der Waals surface area contributed by atoms with Crippen molar-refractivity contribution in [2.24, 2.45) is 0 Å². The number of ether oxygens (including phenoxy) is 1. The quantitative estimate of drug-likeness (QED) is 0.757. The third-order valence-electron chi connectivity index (χ3n) is 3.10. The molecule has 0 saturated carbocycles. The van der Waals surface area contributed by atoms with Crippen LogP contribution in [0.1, 0.15) is 5.69 Å². The lowest BCUT2D eigenvalue weighted by atomic mass is 10.1. The number of aromatic amines is 1. The van der Waals surface area contributed by atoms with Crippen molar-refractivity contribution in [1.82, 2.24) is 10.2 Å². The second-order valence-corrected chi connectivity index (χ2v) is 4.55. The Hall–Kier alpha value is -2.75. The summed E-state index contributed by atoms with van der Waals surface area (Å²) >= 11 is 0. The molecule has 0 radical (unpaired) electrons. The Bertz CT molecular complexity index is 702. The number of benzene rings is 2. The summed E-state index contributed by atoms with van der Waals surface area (Å²) in [7, 11) is 0. The topological polar surface area (TPSA) is 63.9 Å². The number of nitrogens with zero attached hydrogens (tertiary/aromatic N) is 1. The van der Waals surface area contributed by atoms with Crippen LogP contribution in [0.5, 0.6) is 11.5 Å². The van der Waals surface area contributed by atoms with Gasteiger partial charge in [0.2, 0.25) is 0 Å². The van der Waals surface area contributed by atoms with E-state index in [0.717, 1.165) is 28.5 Å². The summed E-state index contributed by atoms with van der Waals surface area (Å²) in [6.07, 6.45) is 0. The lowest BCUT2D eigenvalue weighted by molar-refractivity contribution is 0.483. The van der Waals surface area contributed by atoms with Gasteiger partial charge < -0.3 is 10.5 Å². The smallest absolute Gasteiger partial charge is 0.127 e. The standard InChI is InChI=1S/C16H15N3O/c1-11-15(17)16(19-18-11)12-7-9-14(10-8-12)20-13-5-3-2-4-6-13/h2-10H,17H2,1H3,(H,18,19). The van der Waals surface area contributed by atoms with Crippen molar-refractivity contribution in [1.29, 1.82) is 0 Å². The number of rotatable bonds is 3. The largest absolute Gasteiger partial charge is 0.457 e. The minimum atomic E-state index is 0.682. The van der Waals surface area contributed by atoms with Crippen LogP contribution in [0, 0.1) is 6.92 Å². The van der Waals surface area contributed by atoms with E-state index in [1.54, 1.807) is 0 Å². The monoisotopic (exact) mass is 265 g/mol. The fourth-order valence-electron chi connectivity index (χ4n) is 1.96. The summed E-state index contributed by atoms with van der Waals surface area (Å²) < 4.78 is 5.75. The van der Waals surface area contributed by atoms with Gasteiger partial charge in [-0.2, -0.15) is 5.10 Å². The number of nitrogen functional groups attached to an aromatic ring is 1. The maximum absolute atomic E-state index is 5.97. The molecule has 0 bridgehead atoms. The van der Waals surface area contributed by atoms with Gasteiger partial charge in [0.25, 0.3) is 0 Å². The zero-order valence-corrected chi connectivity index (χ0v) is 11.1. The number of aromatic nitrogens is 2. The van der Waals surface area contributed by atoms with Crippen molar-refractivity contribution in [2.45, 2.75) is 6.92 Å². The van der Waals surface area contributed by atoms with E-state index in [1.165, 1.54) is 0 Å². The molecule has 100 valence electrons. The molecule has 0 unspecified atom stereocenters. The Morgan fingerprint density at radius 3 is 2.20 bits per heavy atom. The number of para-hydroxylation sites is 1. The molecular formula is C16H15N3O. The van der Waals surface area contributed by atoms with Gasteiger partial charge in [0.1, 0.15) is 17.2 Å². The van der Waals surface area contributed by atoms with Crippen LogP contribution in [0.3, 0.4) is 0 Å². The van der Waals surface area contributed by atoms with E-state index < -0.39 is 0 Å². The summed E-state index contributed by atoms with van der Waals surface area (Å²) in [5.41, 5.74) is 9.27. The third-order valence-corrected chi connectivity index (χ3v) is 3.10. The summed E-state index contributed by atoms with van der Waals surface area (Å²) in [6, 6.07) is 17.4. The third kappa shape index (κ3) is 2.36. The number of anilines is 1. The molecule has 3 rings (SSSR count). The highest BCUT2D eigenvalue weighted by atomic mass is 16.5. The molecule has 0 aliphatic heterocycles. The zero-order chi connectivity index (χ0) is 13.9. The average Bonchev–Trinajstić information content (AvgIpc) is 2.81. The highest BCUT2D eigenvalue weighted by Crippen LogP contribution is 2.28. The molecule has 0 amide bonds. The van der Waals surface area contributed by atoms with E-state index in [0.29, 0.717) is 5.69 Å². The summed E-state index contributed by atoms with van der Waals surface area (Å²) in [4.78, 5) is 0. The lowest BCUT2D eigenvalue weighted by Gasteiger charge is -2.06. The van der Waals surface area contributed by atoms with Gasteiger partial charge in [0.15, 0.2) is 0 Å². The second-order valence-electron chi connectivity index (χ2n) is 4.55. The van der Waals surface area contributed by atoms with Crippen LogP contribution in [0.2, 0.25) is 0 Å². The second kappa shape index (κ2) is 5.09. The molecule has 0 saturated heterocycles. The summed E-state index contributed by atoms with van der Waals surface area (Å²) in [5.74, 6) is 1.60. The fraction of sp³-hybridized carbons (Fsp3) is 0.0625. The van der Waals surface area contributed by atoms with Crippen LogP contribution in [0.25, 0.3) is 11.3 Å². The maximum Gasteiger partial charge on any atom is 0.127 e. The lowest BCUT2D eigenvalue weighted by Crippen LogP contribution is -1.89. The molecule has 20 heavy (non-hydrogen) atoms. The van der Waals surface area contributed by atoms with Gasteiger partial charge in [-0.15, -0.1) is 0 Å². The van der Waals surface area contributed by atoms with E-state index in [4.69, 9.17) is 10.5 Å². The Balaban J connectivity index is 1.83. The molecule has 0 aliphatic carbocycles. The first-order valence-corrected chi connectivity index (χ1v) is 6.38. The maximum atomic E-state index is 5.97. The minimum absolute atomic E-state index is 0.682. The zero-order valence-electron chi connectivity index (χ0n) is 11.1. The Labute approximate surface area is 117 Å². The van der Waals surface area contributed by atoms with Crippen LogP contribution >= 0.6 is 0 Å². The fourth-order valence-corrected chi connectivity index (χ4v) is 1.96. The number of nitrogens with two attached hydrogens (primary N) is 1. The predicted molar refractivity (Wildman–Crippen MR) is 79.7 cm³/mol. The molecule has 0 spiro atoms. The first-order valence-electron chi connectivity index (χ1n) is 6.38. The van der Waals surface area contributed by atoms with E-state index in [-0.39, 0.29) is 0 Å². The number of H-pyrrole nitrogens is 1. The van der Waals surface area contributed by atoms with Crippen LogP contribution in [0.4, 0.5) is 5.69 Å². The number of nitrogens with one attached hydrogen (secondary N) is 1. The van der Waals surface area contributed by atoms with Gasteiger partial charge in [0, 0.05) is 5.56 Å². The van der Waals surface area contributed by atoms with Crippen molar-refractivity contribution in [2.75, 3.05) is 5.73 Å². The van der Waals surface area contributed by atoms with Gasteiger partial charge in [-0.25, -0.2) is 0 Å². The SMILES string of the molecule is Cc1[nH]nc(-c2ccc(Oc3ccccc3)cc2)c1N. The van der Waals surface area contributed by atoms with Crippen molar-refractivity contribution < 1.29 is 4.74 Å². The molecule has 0 atom stereocenters. The van der Waals surface area contributed by atoms with E-state index in [9.17, 15) is 0 Å². The highest BCUT2D eigenvalue weighted by Gasteiger charge is 2.09. The van der Waals surface area contributed by atoms with Crippen LogP contribution in [-0.2, 0) is 0 Å². The molecule has 1 aromatic heterocycles. The first kappa shape index (κ1) is 12.3. The number of aryl methyl sites for hydroxylation is 1. The van der Waals surface area contributed by atoms with Gasteiger partial charge in [-0.05, 0) is 43.3 Å².